The zero-order chi connectivity index (χ0) is 14.7. The Morgan fingerprint density at radius 2 is 2.15 bits per heavy atom. The van der Waals surface area contributed by atoms with Gasteiger partial charge in [0.1, 0.15) is 0 Å². The van der Waals surface area contributed by atoms with E-state index in [0.717, 1.165) is 25.6 Å². The van der Waals surface area contributed by atoms with Crippen LogP contribution < -0.4 is 5.73 Å². The maximum Gasteiger partial charge on any atom is 0.159 e. The highest BCUT2D eigenvalue weighted by Gasteiger charge is 2.27. The van der Waals surface area contributed by atoms with Crippen molar-refractivity contribution >= 4 is 0 Å². The number of nitrogens with zero attached hydrogens (tertiary/aromatic N) is 1. The molecule has 1 heterocycles. The summed E-state index contributed by atoms with van der Waals surface area (Å²) in [5.74, 6) is -1.15. The Kier molecular flexibility index (Phi) is 5.07. The molecule has 112 valence electrons. The number of ether oxygens (including phenoxy) is 1. The number of nitrogens with two attached hydrogens (primary N) is 1. The molecule has 1 fully saturated rings. The van der Waals surface area contributed by atoms with E-state index in [0.29, 0.717) is 18.0 Å². The average Bonchev–Trinajstić information content (AvgIpc) is 2.43. The molecule has 2 rings (SSSR count). The molecule has 3 atom stereocenters. The highest BCUT2D eigenvalue weighted by molar-refractivity contribution is 5.21. The molecule has 0 spiro atoms. The van der Waals surface area contributed by atoms with E-state index in [-0.39, 0.29) is 12.1 Å². The molecule has 20 heavy (non-hydrogen) atoms. The van der Waals surface area contributed by atoms with Gasteiger partial charge in [0, 0.05) is 26.2 Å². The van der Waals surface area contributed by atoms with Gasteiger partial charge < -0.3 is 10.5 Å². The molecule has 0 aromatic heterocycles. The monoisotopic (exact) mass is 284 g/mol. The Hall–Kier alpha value is -1.04. The number of likely N-dealkylation sites (tertiary alicyclic amines) is 1. The third kappa shape index (κ3) is 3.53. The van der Waals surface area contributed by atoms with E-state index in [1.165, 1.54) is 6.07 Å². The predicted molar refractivity (Wildman–Crippen MR) is 74.3 cm³/mol. The minimum absolute atomic E-state index is 0.209. The van der Waals surface area contributed by atoms with Crippen LogP contribution in [0.15, 0.2) is 18.2 Å². The van der Waals surface area contributed by atoms with Gasteiger partial charge in [-0.15, -0.1) is 0 Å². The van der Waals surface area contributed by atoms with Gasteiger partial charge in [-0.25, -0.2) is 8.78 Å². The van der Waals surface area contributed by atoms with Crippen LogP contribution in [0, 0.1) is 17.6 Å². The fraction of sp³-hybridized carbons (Fsp3) is 0.600. The van der Waals surface area contributed by atoms with Crippen LogP contribution in [0.3, 0.4) is 0 Å². The van der Waals surface area contributed by atoms with Crippen LogP contribution in [0.1, 0.15) is 24.9 Å². The quantitative estimate of drug-likeness (QED) is 0.922. The molecule has 2 N–H and O–H groups in total. The van der Waals surface area contributed by atoms with E-state index < -0.39 is 11.6 Å². The SMILES string of the molecule is COC1CN(CC(N)c2ccc(F)c(F)c2)CCC1C. The number of methoxy groups -OCH3 is 1. The smallest absolute Gasteiger partial charge is 0.159 e. The molecule has 0 bridgehead atoms. The van der Waals surface area contributed by atoms with E-state index in [4.69, 9.17) is 10.5 Å². The molecular weight excluding hydrogens is 262 g/mol. The zero-order valence-electron chi connectivity index (χ0n) is 12.0. The van der Waals surface area contributed by atoms with Crippen LogP contribution in [0.5, 0.6) is 0 Å². The van der Waals surface area contributed by atoms with E-state index in [9.17, 15) is 8.78 Å². The van der Waals surface area contributed by atoms with Crippen LogP contribution in [0.25, 0.3) is 0 Å². The molecule has 1 aliphatic rings. The number of hydrogen-bond acceptors (Lipinski definition) is 3. The van der Waals surface area contributed by atoms with Crippen molar-refractivity contribution in [3.05, 3.63) is 35.4 Å². The maximum atomic E-state index is 13.2. The lowest BCUT2D eigenvalue weighted by Crippen LogP contribution is -2.46. The Morgan fingerprint density at radius 3 is 2.80 bits per heavy atom. The second kappa shape index (κ2) is 6.61. The summed E-state index contributed by atoms with van der Waals surface area (Å²) in [5.41, 5.74) is 6.72. The molecule has 1 aromatic rings. The molecule has 0 saturated carbocycles. The van der Waals surface area contributed by atoms with Crippen molar-refractivity contribution in [1.82, 2.24) is 4.90 Å². The Morgan fingerprint density at radius 1 is 1.40 bits per heavy atom. The number of hydrogen-bond donors (Lipinski definition) is 1. The Balaban J connectivity index is 1.97. The van der Waals surface area contributed by atoms with Crippen molar-refractivity contribution < 1.29 is 13.5 Å². The van der Waals surface area contributed by atoms with Crippen LogP contribution in [0.4, 0.5) is 8.78 Å². The molecular formula is C15H22F2N2O. The predicted octanol–water partition coefficient (Wildman–Crippen LogP) is 2.32. The molecule has 3 unspecified atom stereocenters. The summed E-state index contributed by atoms with van der Waals surface area (Å²) < 4.78 is 31.6. The topological polar surface area (TPSA) is 38.5 Å². The Labute approximate surface area is 118 Å². The molecule has 0 aliphatic carbocycles. The Bertz CT molecular complexity index is 455. The minimum Gasteiger partial charge on any atom is -0.380 e. The lowest BCUT2D eigenvalue weighted by Gasteiger charge is -2.37. The first-order valence-corrected chi connectivity index (χ1v) is 6.97. The van der Waals surface area contributed by atoms with Gasteiger partial charge in [-0.2, -0.15) is 0 Å². The fourth-order valence-electron chi connectivity index (χ4n) is 2.70. The molecule has 3 nitrogen and oxygen atoms in total. The van der Waals surface area contributed by atoms with Crippen LogP contribution >= 0.6 is 0 Å². The molecule has 1 saturated heterocycles. The maximum absolute atomic E-state index is 13.2. The van der Waals surface area contributed by atoms with Crippen molar-refractivity contribution in [2.75, 3.05) is 26.7 Å². The molecule has 1 aromatic carbocycles. The van der Waals surface area contributed by atoms with Gasteiger partial charge in [0.2, 0.25) is 0 Å². The normalized spacial score (nSPS) is 25.6. The second-order valence-corrected chi connectivity index (χ2v) is 5.58. The van der Waals surface area contributed by atoms with Crippen molar-refractivity contribution in [2.24, 2.45) is 11.7 Å². The van der Waals surface area contributed by atoms with Gasteiger partial charge in [0.15, 0.2) is 11.6 Å². The highest BCUT2D eigenvalue weighted by Crippen LogP contribution is 2.22. The fourth-order valence-corrected chi connectivity index (χ4v) is 2.70. The van der Waals surface area contributed by atoms with Crippen LogP contribution in [-0.2, 0) is 4.74 Å². The molecule has 0 amide bonds. The first-order valence-electron chi connectivity index (χ1n) is 6.97. The number of benzene rings is 1. The standard InChI is InChI=1S/C15H22F2N2O/c1-10-5-6-19(9-15(10)20-2)8-14(18)11-3-4-12(16)13(17)7-11/h3-4,7,10,14-15H,5-6,8-9,18H2,1-2H3. The van der Waals surface area contributed by atoms with Crippen molar-refractivity contribution in [2.45, 2.75) is 25.5 Å². The van der Waals surface area contributed by atoms with Gasteiger partial charge >= 0.3 is 0 Å². The average molecular weight is 284 g/mol. The van der Waals surface area contributed by atoms with Crippen molar-refractivity contribution in [3.63, 3.8) is 0 Å². The largest absolute Gasteiger partial charge is 0.380 e. The lowest BCUT2D eigenvalue weighted by atomic mass is 9.95. The summed E-state index contributed by atoms with van der Waals surface area (Å²) in [4.78, 5) is 2.22. The first-order chi connectivity index (χ1) is 9.51. The summed E-state index contributed by atoms with van der Waals surface area (Å²) in [7, 11) is 1.72. The summed E-state index contributed by atoms with van der Waals surface area (Å²) in [5, 5.41) is 0. The van der Waals surface area contributed by atoms with E-state index in [1.807, 2.05) is 0 Å². The third-order valence-electron chi connectivity index (χ3n) is 4.10. The van der Waals surface area contributed by atoms with E-state index in [1.54, 1.807) is 13.2 Å². The van der Waals surface area contributed by atoms with Gasteiger partial charge in [-0.3, -0.25) is 4.90 Å². The highest BCUT2D eigenvalue weighted by atomic mass is 19.2. The molecule has 5 heteroatoms. The number of piperidine rings is 1. The minimum atomic E-state index is -0.847. The zero-order valence-corrected chi connectivity index (χ0v) is 12.0. The summed E-state index contributed by atoms with van der Waals surface area (Å²) in [6.07, 6.45) is 1.27. The van der Waals surface area contributed by atoms with Gasteiger partial charge in [0.05, 0.1) is 6.10 Å². The van der Waals surface area contributed by atoms with E-state index >= 15 is 0 Å². The summed E-state index contributed by atoms with van der Waals surface area (Å²) in [6, 6.07) is 3.53. The number of halogens is 2. The van der Waals surface area contributed by atoms with Crippen LogP contribution in [0.2, 0.25) is 0 Å². The second-order valence-electron chi connectivity index (χ2n) is 5.58. The van der Waals surface area contributed by atoms with Gasteiger partial charge in [0.25, 0.3) is 0 Å². The summed E-state index contributed by atoms with van der Waals surface area (Å²) >= 11 is 0. The summed E-state index contributed by atoms with van der Waals surface area (Å²) in [6.45, 7) is 4.59. The molecule has 0 radical (unpaired) electrons. The third-order valence-corrected chi connectivity index (χ3v) is 4.10. The van der Waals surface area contributed by atoms with E-state index in [2.05, 4.69) is 11.8 Å². The van der Waals surface area contributed by atoms with Crippen molar-refractivity contribution in [3.8, 4) is 0 Å². The molecule has 1 aliphatic heterocycles. The van der Waals surface area contributed by atoms with Crippen molar-refractivity contribution in [1.29, 1.82) is 0 Å². The van der Waals surface area contributed by atoms with Gasteiger partial charge in [-0.1, -0.05) is 13.0 Å². The van der Waals surface area contributed by atoms with Crippen LogP contribution in [-0.4, -0.2) is 37.7 Å². The lowest BCUT2D eigenvalue weighted by molar-refractivity contribution is -0.00644. The first kappa shape index (κ1) is 15.4. The van der Waals surface area contributed by atoms with Gasteiger partial charge in [-0.05, 0) is 36.6 Å². The number of rotatable bonds is 4.